The standard InChI is InChI=1S/C22H18FN3O3/c23-16-8-6-15(7-9-16)21(14-4-2-1-3-5-14)26-22(28)24-17-10-11-18-19(12-17)29-13-20(27)25-18/h1-12,21H,13H2,(H,25,27)(H2,24,26,28). The zero-order valence-corrected chi connectivity index (χ0v) is 15.3. The van der Waals surface area contributed by atoms with Crippen LogP contribution >= 0.6 is 0 Å². The van der Waals surface area contributed by atoms with Crippen molar-refractivity contribution in [1.82, 2.24) is 5.32 Å². The Balaban J connectivity index is 1.52. The van der Waals surface area contributed by atoms with Crippen molar-refractivity contribution in [2.45, 2.75) is 6.04 Å². The number of fused-ring (bicyclic) bond motifs is 1. The van der Waals surface area contributed by atoms with Gasteiger partial charge in [0.1, 0.15) is 11.6 Å². The van der Waals surface area contributed by atoms with E-state index in [2.05, 4.69) is 16.0 Å². The lowest BCUT2D eigenvalue weighted by molar-refractivity contribution is -0.118. The first-order valence-electron chi connectivity index (χ1n) is 9.03. The van der Waals surface area contributed by atoms with E-state index in [0.717, 1.165) is 11.1 Å². The number of halogens is 1. The first-order chi connectivity index (χ1) is 14.1. The summed E-state index contributed by atoms with van der Waals surface area (Å²) in [6.07, 6.45) is 0. The summed E-state index contributed by atoms with van der Waals surface area (Å²) in [6.45, 7) is -0.0662. The van der Waals surface area contributed by atoms with Gasteiger partial charge in [-0.1, -0.05) is 42.5 Å². The van der Waals surface area contributed by atoms with Crippen molar-refractivity contribution in [3.8, 4) is 5.75 Å². The molecule has 0 saturated carbocycles. The molecule has 29 heavy (non-hydrogen) atoms. The van der Waals surface area contributed by atoms with Crippen LogP contribution in [-0.4, -0.2) is 18.5 Å². The Bertz CT molecular complexity index is 1040. The fourth-order valence-corrected chi connectivity index (χ4v) is 3.11. The SMILES string of the molecule is O=C1COc2cc(NC(=O)NC(c3ccccc3)c3ccc(F)cc3)ccc2N1. The van der Waals surface area contributed by atoms with Crippen molar-refractivity contribution < 1.29 is 18.7 Å². The molecule has 0 spiro atoms. The van der Waals surface area contributed by atoms with Crippen molar-refractivity contribution >= 4 is 23.3 Å². The first-order valence-corrected chi connectivity index (χ1v) is 9.03. The number of urea groups is 1. The summed E-state index contributed by atoms with van der Waals surface area (Å²) in [6, 6.07) is 19.5. The van der Waals surface area contributed by atoms with Crippen LogP contribution in [0.5, 0.6) is 5.75 Å². The van der Waals surface area contributed by atoms with E-state index in [4.69, 9.17) is 4.74 Å². The predicted molar refractivity (Wildman–Crippen MR) is 107 cm³/mol. The molecule has 7 heteroatoms. The van der Waals surface area contributed by atoms with Crippen LogP contribution in [0.15, 0.2) is 72.8 Å². The summed E-state index contributed by atoms with van der Waals surface area (Å²) in [7, 11) is 0. The second-order valence-electron chi connectivity index (χ2n) is 6.54. The van der Waals surface area contributed by atoms with Gasteiger partial charge in [0.25, 0.3) is 5.91 Å². The highest BCUT2D eigenvalue weighted by atomic mass is 19.1. The molecule has 0 aliphatic carbocycles. The maximum Gasteiger partial charge on any atom is 0.319 e. The van der Waals surface area contributed by atoms with Crippen LogP contribution in [0, 0.1) is 5.82 Å². The Morgan fingerprint density at radius 2 is 1.72 bits per heavy atom. The van der Waals surface area contributed by atoms with Gasteiger partial charge in [0.15, 0.2) is 6.61 Å². The van der Waals surface area contributed by atoms with Gasteiger partial charge < -0.3 is 20.7 Å². The number of amides is 3. The van der Waals surface area contributed by atoms with Crippen molar-refractivity contribution in [3.05, 3.63) is 89.7 Å². The maximum absolute atomic E-state index is 13.3. The topological polar surface area (TPSA) is 79.5 Å². The molecule has 3 aromatic carbocycles. The number of hydrogen-bond donors (Lipinski definition) is 3. The number of ether oxygens (including phenoxy) is 1. The Labute approximate surface area is 166 Å². The fraction of sp³-hybridized carbons (Fsp3) is 0.0909. The first kappa shape index (κ1) is 18.5. The molecule has 1 unspecified atom stereocenters. The van der Waals surface area contributed by atoms with E-state index < -0.39 is 12.1 Å². The van der Waals surface area contributed by atoms with E-state index in [9.17, 15) is 14.0 Å². The molecule has 0 saturated heterocycles. The van der Waals surface area contributed by atoms with Crippen LogP contribution in [0.25, 0.3) is 0 Å². The molecule has 0 fully saturated rings. The lowest BCUT2D eigenvalue weighted by atomic mass is 9.99. The summed E-state index contributed by atoms with van der Waals surface area (Å²) in [5, 5.41) is 8.39. The number of carbonyl (C=O) groups excluding carboxylic acids is 2. The third kappa shape index (κ3) is 4.35. The van der Waals surface area contributed by atoms with Gasteiger partial charge >= 0.3 is 6.03 Å². The zero-order chi connectivity index (χ0) is 20.2. The highest BCUT2D eigenvalue weighted by Gasteiger charge is 2.19. The van der Waals surface area contributed by atoms with Crippen molar-refractivity contribution in [3.63, 3.8) is 0 Å². The Hall–Kier alpha value is -3.87. The fourth-order valence-electron chi connectivity index (χ4n) is 3.11. The molecular weight excluding hydrogens is 373 g/mol. The summed E-state index contributed by atoms with van der Waals surface area (Å²) in [5.41, 5.74) is 2.69. The van der Waals surface area contributed by atoms with E-state index >= 15 is 0 Å². The van der Waals surface area contributed by atoms with Gasteiger partial charge in [0.05, 0.1) is 11.7 Å². The van der Waals surface area contributed by atoms with E-state index in [-0.39, 0.29) is 18.3 Å². The van der Waals surface area contributed by atoms with Gasteiger partial charge in [-0.2, -0.15) is 0 Å². The second kappa shape index (κ2) is 8.02. The van der Waals surface area contributed by atoms with Crippen molar-refractivity contribution in [2.75, 3.05) is 17.2 Å². The number of carbonyl (C=O) groups is 2. The Morgan fingerprint density at radius 3 is 2.48 bits per heavy atom. The molecule has 0 radical (unpaired) electrons. The summed E-state index contributed by atoms with van der Waals surface area (Å²) in [4.78, 5) is 24.0. The van der Waals surface area contributed by atoms with Gasteiger partial charge in [0.2, 0.25) is 0 Å². The predicted octanol–water partition coefficient (Wildman–Crippen LogP) is 4.07. The number of rotatable bonds is 4. The number of hydrogen-bond acceptors (Lipinski definition) is 3. The highest BCUT2D eigenvalue weighted by molar-refractivity contribution is 5.96. The van der Waals surface area contributed by atoms with E-state index in [0.29, 0.717) is 17.1 Å². The average molecular weight is 391 g/mol. The quantitative estimate of drug-likeness (QED) is 0.627. The van der Waals surface area contributed by atoms with Crippen molar-refractivity contribution in [2.24, 2.45) is 0 Å². The molecule has 1 heterocycles. The average Bonchev–Trinajstić information content (AvgIpc) is 2.73. The van der Waals surface area contributed by atoms with Crippen LogP contribution in [0.2, 0.25) is 0 Å². The van der Waals surface area contributed by atoms with E-state index in [1.165, 1.54) is 12.1 Å². The van der Waals surface area contributed by atoms with E-state index in [1.54, 1.807) is 30.3 Å². The lowest BCUT2D eigenvalue weighted by Gasteiger charge is -2.21. The summed E-state index contributed by atoms with van der Waals surface area (Å²) < 4.78 is 18.7. The summed E-state index contributed by atoms with van der Waals surface area (Å²) in [5.74, 6) is -0.0762. The number of nitrogens with one attached hydrogen (secondary N) is 3. The van der Waals surface area contributed by atoms with Crippen LogP contribution in [0.3, 0.4) is 0 Å². The molecule has 3 N–H and O–H groups in total. The third-order valence-electron chi connectivity index (χ3n) is 4.48. The smallest absolute Gasteiger partial charge is 0.319 e. The summed E-state index contributed by atoms with van der Waals surface area (Å²) >= 11 is 0. The Morgan fingerprint density at radius 1 is 1.00 bits per heavy atom. The largest absolute Gasteiger partial charge is 0.482 e. The minimum absolute atomic E-state index is 0.0662. The molecule has 1 atom stereocenters. The van der Waals surface area contributed by atoms with Crippen LogP contribution in [0.1, 0.15) is 17.2 Å². The molecule has 3 aromatic rings. The molecule has 0 bridgehead atoms. The molecule has 1 aliphatic heterocycles. The molecular formula is C22H18FN3O3. The van der Waals surface area contributed by atoms with Gasteiger partial charge in [-0.25, -0.2) is 9.18 Å². The normalized spacial score (nSPS) is 13.5. The van der Waals surface area contributed by atoms with Gasteiger partial charge in [0, 0.05) is 11.8 Å². The number of benzene rings is 3. The molecule has 1 aliphatic rings. The monoisotopic (exact) mass is 391 g/mol. The van der Waals surface area contributed by atoms with Gasteiger partial charge in [-0.15, -0.1) is 0 Å². The van der Waals surface area contributed by atoms with E-state index in [1.807, 2.05) is 30.3 Å². The molecule has 146 valence electrons. The lowest BCUT2D eigenvalue weighted by Crippen LogP contribution is -2.33. The Kier molecular flexibility index (Phi) is 5.11. The van der Waals surface area contributed by atoms with Crippen LogP contribution in [0.4, 0.5) is 20.6 Å². The van der Waals surface area contributed by atoms with Gasteiger partial charge in [-0.3, -0.25) is 4.79 Å². The van der Waals surface area contributed by atoms with Crippen molar-refractivity contribution in [1.29, 1.82) is 0 Å². The molecule has 0 aromatic heterocycles. The molecule has 4 rings (SSSR count). The second-order valence-corrected chi connectivity index (χ2v) is 6.54. The van der Waals surface area contributed by atoms with Gasteiger partial charge in [-0.05, 0) is 35.4 Å². The minimum atomic E-state index is -0.454. The molecule has 6 nitrogen and oxygen atoms in total. The zero-order valence-electron chi connectivity index (χ0n) is 15.3. The maximum atomic E-state index is 13.3. The van der Waals surface area contributed by atoms with Crippen LogP contribution in [-0.2, 0) is 4.79 Å². The number of anilines is 2. The molecule has 3 amide bonds. The minimum Gasteiger partial charge on any atom is -0.482 e. The third-order valence-corrected chi connectivity index (χ3v) is 4.48. The highest BCUT2D eigenvalue weighted by Crippen LogP contribution is 2.30. The van der Waals surface area contributed by atoms with Crippen LogP contribution < -0.4 is 20.7 Å².